The van der Waals surface area contributed by atoms with Crippen LogP contribution in [0.1, 0.15) is 53.4 Å². The minimum atomic E-state index is -0.436. The summed E-state index contributed by atoms with van der Waals surface area (Å²) in [6, 6.07) is 0.236. The highest BCUT2D eigenvalue weighted by atomic mass is 16.6. The van der Waals surface area contributed by atoms with E-state index in [0.29, 0.717) is 0 Å². The van der Waals surface area contributed by atoms with Crippen molar-refractivity contribution in [1.29, 1.82) is 0 Å². The fourth-order valence-electron chi connectivity index (χ4n) is 2.13. The van der Waals surface area contributed by atoms with Crippen molar-refractivity contribution in [2.24, 2.45) is 0 Å². The Bertz CT molecular complexity index is 258. The van der Waals surface area contributed by atoms with Crippen molar-refractivity contribution in [3.05, 3.63) is 0 Å². The molecule has 100 valence electrons. The number of likely N-dealkylation sites (tertiary alicyclic amines) is 1. The second kappa shape index (κ2) is 5.71. The van der Waals surface area contributed by atoms with Crippen molar-refractivity contribution in [3.63, 3.8) is 0 Å². The van der Waals surface area contributed by atoms with Crippen LogP contribution < -0.4 is 0 Å². The number of nitrogens with zero attached hydrogens (tertiary/aromatic N) is 1. The Morgan fingerprint density at radius 1 is 1.53 bits per heavy atom. The van der Waals surface area contributed by atoms with Crippen LogP contribution in [0.3, 0.4) is 0 Å². The van der Waals surface area contributed by atoms with Crippen LogP contribution >= 0.6 is 0 Å². The SMILES string of the molecule is C[C@H](O)CC[C@@H]1CCCN1C(=O)OC(C)(C)C. The normalized spacial score (nSPS) is 22.6. The van der Waals surface area contributed by atoms with Crippen molar-refractivity contribution < 1.29 is 14.6 Å². The Balaban J connectivity index is 2.48. The Morgan fingerprint density at radius 3 is 2.71 bits per heavy atom. The Labute approximate surface area is 104 Å². The van der Waals surface area contributed by atoms with Gasteiger partial charge in [-0.3, -0.25) is 0 Å². The van der Waals surface area contributed by atoms with E-state index < -0.39 is 5.60 Å². The first kappa shape index (κ1) is 14.3. The second-order valence-corrected chi connectivity index (χ2v) is 5.90. The highest BCUT2D eigenvalue weighted by molar-refractivity contribution is 5.68. The molecule has 0 saturated carbocycles. The first-order valence-corrected chi connectivity index (χ1v) is 6.47. The number of hydrogen-bond acceptors (Lipinski definition) is 3. The van der Waals surface area contributed by atoms with Crippen LogP contribution in [0.15, 0.2) is 0 Å². The summed E-state index contributed by atoms with van der Waals surface area (Å²) >= 11 is 0. The van der Waals surface area contributed by atoms with Crippen molar-refractivity contribution in [2.75, 3.05) is 6.54 Å². The third-order valence-corrected chi connectivity index (χ3v) is 2.92. The molecule has 0 aliphatic carbocycles. The zero-order valence-electron chi connectivity index (χ0n) is 11.4. The van der Waals surface area contributed by atoms with Crippen LogP contribution in [0, 0.1) is 0 Å². The summed E-state index contributed by atoms with van der Waals surface area (Å²) < 4.78 is 5.38. The third-order valence-electron chi connectivity index (χ3n) is 2.92. The summed E-state index contributed by atoms with van der Waals surface area (Å²) in [4.78, 5) is 13.8. The first-order valence-electron chi connectivity index (χ1n) is 6.47. The summed E-state index contributed by atoms with van der Waals surface area (Å²) in [6.45, 7) is 8.20. The largest absolute Gasteiger partial charge is 0.444 e. The molecule has 1 saturated heterocycles. The number of carbonyl (C=O) groups excluding carboxylic acids is 1. The van der Waals surface area contributed by atoms with Gasteiger partial charge in [-0.1, -0.05) is 0 Å². The predicted octanol–water partition coefficient (Wildman–Crippen LogP) is 2.55. The third kappa shape index (κ3) is 4.94. The Morgan fingerprint density at radius 2 is 2.18 bits per heavy atom. The monoisotopic (exact) mass is 243 g/mol. The van der Waals surface area contributed by atoms with Gasteiger partial charge in [0.1, 0.15) is 5.60 Å². The minimum Gasteiger partial charge on any atom is -0.444 e. The lowest BCUT2D eigenvalue weighted by molar-refractivity contribution is 0.0209. The van der Waals surface area contributed by atoms with Crippen molar-refractivity contribution in [1.82, 2.24) is 4.90 Å². The molecular formula is C13H25NO3. The van der Waals surface area contributed by atoms with Gasteiger partial charge in [0.05, 0.1) is 6.10 Å². The summed E-state index contributed by atoms with van der Waals surface area (Å²) in [5, 5.41) is 9.29. The van der Waals surface area contributed by atoms with Crippen LogP contribution in [0.5, 0.6) is 0 Å². The van der Waals surface area contributed by atoms with E-state index in [2.05, 4.69) is 0 Å². The lowest BCUT2D eigenvalue weighted by Gasteiger charge is -2.28. The summed E-state index contributed by atoms with van der Waals surface area (Å²) in [5.74, 6) is 0. The Hall–Kier alpha value is -0.770. The second-order valence-electron chi connectivity index (χ2n) is 5.90. The van der Waals surface area contributed by atoms with Crippen molar-refractivity contribution in [3.8, 4) is 0 Å². The van der Waals surface area contributed by atoms with Gasteiger partial charge in [-0.05, 0) is 53.4 Å². The molecule has 0 aromatic rings. The quantitative estimate of drug-likeness (QED) is 0.828. The fraction of sp³-hybridized carbons (Fsp3) is 0.923. The van der Waals surface area contributed by atoms with Crippen LogP contribution in [-0.4, -0.2) is 40.4 Å². The maximum Gasteiger partial charge on any atom is 0.410 e. The molecule has 4 nitrogen and oxygen atoms in total. The van der Waals surface area contributed by atoms with Gasteiger partial charge in [-0.15, -0.1) is 0 Å². The standard InChI is InChI=1S/C13H25NO3/c1-10(15)7-8-11-6-5-9-14(11)12(16)17-13(2,3)4/h10-11,15H,5-9H2,1-4H3/t10-,11-/m0/s1. The molecule has 0 radical (unpaired) electrons. The van der Waals surface area contributed by atoms with Gasteiger partial charge in [0.2, 0.25) is 0 Å². The zero-order valence-corrected chi connectivity index (χ0v) is 11.4. The number of amides is 1. The highest BCUT2D eigenvalue weighted by Gasteiger charge is 2.31. The molecular weight excluding hydrogens is 218 g/mol. The molecule has 1 N–H and O–H groups in total. The fourth-order valence-corrected chi connectivity index (χ4v) is 2.13. The maximum absolute atomic E-state index is 12.0. The van der Waals surface area contributed by atoms with E-state index in [4.69, 9.17) is 4.74 Å². The van der Waals surface area contributed by atoms with Gasteiger partial charge in [-0.25, -0.2) is 4.79 Å². The van der Waals surface area contributed by atoms with E-state index in [1.165, 1.54) is 0 Å². The molecule has 1 aliphatic rings. The van der Waals surface area contributed by atoms with Crippen LogP contribution in [0.2, 0.25) is 0 Å². The molecule has 0 aromatic heterocycles. The van der Waals surface area contributed by atoms with E-state index in [9.17, 15) is 9.90 Å². The maximum atomic E-state index is 12.0. The molecule has 0 bridgehead atoms. The number of aliphatic hydroxyl groups excluding tert-OH is 1. The van der Waals surface area contributed by atoms with E-state index in [-0.39, 0.29) is 18.2 Å². The summed E-state index contributed by atoms with van der Waals surface area (Å²) in [7, 11) is 0. The molecule has 1 amide bonds. The number of aliphatic hydroxyl groups is 1. The molecule has 17 heavy (non-hydrogen) atoms. The number of carbonyl (C=O) groups is 1. The molecule has 0 spiro atoms. The van der Waals surface area contributed by atoms with Gasteiger partial charge < -0.3 is 14.7 Å². The lowest BCUT2D eigenvalue weighted by Crippen LogP contribution is -2.40. The molecule has 1 fully saturated rings. The topological polar surface area (TPSA) is 49.8 Å². The lowest BCUT2D eigenvalue weighted by atomic mass is 10.1. The Kier molecular flexibility index (Phi) is 4.80. The number of hydrogen-bond donors (Lipinski definition) is 1. The average Bonchev–Trinajstić information content (AvgIpc) is 2.59. The van der Waals surface area contributed by atoms with Crippen LogP contribution in [0.4, 0.5) is 4.79 Å². The van der Waals surface area contributed by atoms with Gasteiger partial charge in [0.25, 0.3) is 0 Å². The van der Waals surface area contributed by atoms with E-state index in [0.717, 1.165) is 32.2 Å². The number of ether oxygens (including phenoxy) is 1. The van der Waals surface area contributed by atoms with E-state index in [1.807, 2.05) is 25.7 Å². The predicted molar refractivity (Wildman–Crippen MR) is 66.9 cm³/mol. The average molecular weight is 243 g/mol. The molecule has 0 aromatic carbocycles. The molecule has 1 heterocycles. The van der Waals surface area contributed by atoms with Crippen molar-refractivity contribution >= 4 is 6.09 Å². The van der Waals surface area contributed by atoms with Gasteiger partial charge in [0, 0.05) is 12.6 Å². The summed E-state index contributed by atoms with van der Waals surface area (Å²) in [6.07, 6.45) is 3.14. The van der Waals surface area contributed by atoms with Crippen LogP contribution in [-0.2, 0) is 4.74 Å². The summed E-state index contributed by atoms with van der Waals surface area (Å²) in [5.41, 5.74) is -0.436. The molecule has 4 heteroatoms. The molecule has 2 atom stereocenters. The van der Waals surface area contributed by atoms with Gasteiger partial charge in [-0.2, -0.15) is 0 Å². The first-order chi connectivity index (χ1) is 7.79. The van der Waals surface area contributed by atoms with Crippen LogP contribution in [0.25, 0.3) is 0 Å². The van der Waals surface area contributed by atoms with Crippen molar-refractivity contribution in [2.45, 2.75) is 71.1 Å². The smallest absolute Gasteiger partial charge is 0.410 e. The van der Waals surface area contributed by atoms with Gasteiger partial charge in [0.15, 0.2) is 0 Å². The molecule has 1 rings (SSSR count). The highest BCUT2D eigenvalue weighted by Crippen LogP contribution is 2.24. The number of rotatable bonds is 3. The van der Waals surface area contributed by atoms with E-state index >= 15 is 0 Å². The van der Waals surface area contributed by atoms with E-state index in [1.54, 1.807) is 6.92 Å². The minimum absolute atomic E-state index is 0.217. The molecule has 0 unspecified atom stereocenters. The molecule has 1 aliphatic heterocycles. The zero-order chi connectivity index (χ0) is 13.1. The van der Waals surface area contributed by atoms with Gasteiger partial charge >= 0.3 is 6.09 Å².